The molecule has 1 fully saturated rings. The normalized spacial score (nSPS) is 14.8. The molecule has 2 amide bonds. The second-order valence-corrected chi connectivity index (χ2v) is 7.42. The first-order valence-corrected chi connectivity index (χ1v) is 10.0. The second-order valence-electron chi connectivity index (χ2n) is 7.42. The fraction of sp³-hybridized carbons (Fsp3) is 0.409. The van der Waals surface area contributed by atoms with E-state index in [-0.39, 0.29) is 29.9 Å². The number of halogens is 5. The Morgan fingerprint density at radius 1 is 0.968 bits per heavy atom. The number of anilines is 1. The predicted octanol–water partition coefficient (Wildman–Crippen LogP) is 5.44. The molecule has 0 radical (unpaired) electrons. The number of carbonyl (C=O) groups excluding carboxylic acids is 1. The number of piperazine rings is 1. The van der Waals surface area contributed by atoms with Crippen LogP contribution in [0.2, 0.25) is 0 Å². The number of nitrogens with zero attached hydrogens (tertiary/aromatic N) is 2. The number of carbonyl (C=O) groups is 1. The first-order chi connectivity index (χ1) is 14.3. The molecule has 0 spiro atoms. The number of aryl methyl sites for hydroxylation is 1. The van der Waals surface area contributed by atoms with Gasteiger partial charge in [0.25, 0.3) is 0 Å². The van der Waals surface area contributed by atoms with E-state index in [2.05, 4.69) is 10.2 Å². The van der Waals surface area contributed by atoms with Gasteiger partial charge in [-0.1, -0.05) is 18.2 Å². The van der Waals surface area contributed by atoms with Gasteiger partial charge in [0.1, 0.15) is 5.82 Å². The maximum atomic E-state index is 12.9. The van der Waals surface area contributed by atoms with Gasteiger partial charge in [0.15, 0.2) is 0 Å². The van der Waals surface area contributed by atoms with Crippen molar-refractivity contribution >= 4 is 24.1 Å². The van der Waals surface area contributed by atoms with Crippen LogP contribution >= 0.6 is 12.4 Å². The molecular formula is C22H26ClF4N3O. The van der Waals surface area contributed by atoms with Crippen LogP contribution in [0, 0.1) is 5.82 Å². The fourth-order valence-corrected chi connectivity index (χ4v) is 3.47. The van der Waals surface area contributed by atoms with Crippen LogP contribution in [0.5, 0.6) is 0 Å². The highest BCUT2D eigenvalue weighted by atomic mass is 35.5. The topological polar surface area (TPSA) is 35.6 Å². The summed E-state index contributed by atoms with van der Waals surface area (Å²) >= 11 is 0. The molecule has 0 aliphatic carbocycles. The van der Waals surface area contributed by atoms with Crippen LogP contribution in [0.15, 0.2) is 48.5 Å². The smallest absolute Gasteiger partial charge is 0.322 e. The average molecular weight is 460 g/mol. The number of rotatable bonds is 6. The lowest BCUT2D eigenvalue weighted by atomic mass is 10.1. The third-order valence-electron chi connectivity index (χ3n) is 5.20. The summed E-state index contributed by atoms with van der Waals surface area (Å²) in [4.78, 5) is 16.3. The summed E-state index contributed by atoms with van der Waals surface area (Å²) in [5, 5.41) is 2.56. The Morgan fingerprint density at radius 2 is 1.65 bits per heavy atom. The van der Waals surface area contributed by atoms with Crippen molar-refractivity contribution in [3.63, 3.8) is 0 Å². The molecule has 0 aromatic heterocycles. The zero-order valence-electron chi connectivity index (χ0n) is 17.0. The number of benzene rings is 2. The highest BCUT2D eigenvalue weighted by molar-refractivity contribution is 5.89. The van der Waals surface area contributed by atoms with Crippen molar-refractivity contribution in [1.29, 1.82) is 0 Å². The first-order valence-electron chi connectivity index (χ1n) is 10.0. The van der Waals surface area contributed by atoms with Crippen molar-refractivity contribution < 1.29 is 22.4 Å². The van der Waals surface area contributed by atoms with Crippen molar-refractivity contribution in [2.45, 2.75) is 25.4 Å². The Kier molecular flexibility index (Phi) is 9.13. The van der Waals surface area contributed by atoms with Gasteiger partial charge in [-0.15, -0.1) is 12.4 Å². The molecule has 0 unspecified atom stereocenters. The van der Waals surface area contributed by atoms with E-state index in [0.717, 1.165) is 56.6 Å². The molecule has 0 bridgehead atoms. The van der Waals surface area contributed by atoms with Crippen molar-refractivity contribution in [1.82, 2.24) is 9.80 Å². The molecule has 1 aliphatic heterocycles. The number of nitrogens with one attached hydrogen (secondary N) is 1. The fourth-order valence-electron chi connectivity index (χ4n) is 3.47. The van der Waals surface area contributed by atoms with Gasteiger partial charge >= 0.3 is 12.2 Å². The lowest BCUT2D eigenvalue weighted by molar-refractivity contribution is -0.137. The summed E-state index contributed by atoms with van der Waals surface area (Å²) in [6.45, 7) is 3.44. The zero-order chi connectivity index (χ0) is 21.6. The second kappa shape index (κ2) is 11.3. The standard InChI is InChI=1S/C22H25F4N3O.ClH/c23-19-9-7-17(8-10-19)4-1-2-11-28-12-14-29(15-13-28)21(30)27-20-6-3-5-18(16-20)22(24,25)26;/h3,5-10,16H,1-2,4,11-15H2,(H,27,30);1H. The van der Waals surface area contributed by atoms with E-state index in [1.54, 1.807) is 17.0 Å². The van der Waals surface area contributed by atoms with Gasteiger partial charge in [-0.3, -0.25) is 4.90 Å². The molecule has 9 heteroatoms. The van der Waals surface area contributed by atoms with E-state index in [1.165, 1.54) is 24.3 Å². The minimum Gasteiger partial charge on any atom is -0.322 e. The van der Waals surface area contributed by atoms with Crippen LogP contribution in [0.3, 0.4) is 0 Å². The van der Waals surface area contributed by atoms with E-state index >= 15 is 0 Å². The van der Waals surface area contributed by atoms with Gasteiger partial charge in [-0.2, -0.15) is 13.2 Å². The van der Waals surface area contributed by atoms with Gasteiger partial charge in [0.2, 0.25) is 0 Å². The van der Waals surface area contributed by atoms with Crippen LogP contribution in [0.25, 0.3) is 0 Å². The molecule has 1 aliphatic rings. The number of urea groups is 1. The third-order valence-corrected chi connectivity index (χ3v) is 5.20. The summed E-state index contributed by atoms with van der Waals surface area (Å²) in [5.74, 6) is -0.228. The maximum Gasteiger partial charge on any atom is 0.416 e. The highest BCUT2D eigenvalue weighted by Gasteiger charge is 2.30. The van der Waals surface area contributed by atoms with Crippen LogP contribution in [0.1, 0.15) is 24.0 Å². The van der Waals surface area contributed by atoms with Crippen molar-refractivity contribution in [3.05, 3.63) is 65.5 Å². The van der Waals surface area contributed by atoms with E-state index in [1.807, 2.05) is 0 Å². The van der Waals surface area contributed by atoms with Crippen molar-refractivity contribution in [2.75, 3.05) is 38.0 Å². The SMILES string of the molecule is Cl.O=C(Nc1cccc(C(F)(F)F)c1)N1CCN(CCCCc2ccc(F)cc2)CC1. The largest absolute Gasteiger partial charge is 0.416 e. The molecule has 4 nitrogen and oxygen atoms in total. The lowest BCUT2D eigenvalue weighted by Crippen LogP contribution is -2.50. The summed E-state index contributed by atoms with van der Waals surface area (Å²) in [5.41, 5.74) is 0.469. The Hall–Kier alpha value is -2.32. The first kappa shape index (κ1) is 24.9. The Morgan fingerprint density at radius 3 is 2.29 bits per heavy atom. The van der Waals surface area contributed by atoms with Crippen LogP contribution < -0.4 is 5.32 Å². The Labute approximate surface area is 185 Å². The molecule has 1 saturated heterocycles. The van der Waals surface area contributed by atoms with E-state index in [4.69, 9.17) is 0 Å². The molecular weight excluding hydrogens is 434 g/mol. The lowest BCUT2D eigenvalue weighted by Gasteiger charge is -2.34. The van der Waals surface area contributed by atoms with Crippen LogP contribution in [-0.2, 0) is 12.6 Å². The summed E-state index contributed by atoms with van der Waals surface area (Å²) in [6, 6.07) is 10.8. The quantitative estimate of drug-likeness (QED) is 0.461. The molecule has 1 heterocycles. The van der Waals surface area contributed by atoms with Gasteiger partial charge < -0.3 is 10.2 Å². The molecule has 0 atom stereocenters. The monoisotopic (exact) mass is 459 g/mol. The Balaban J connectivity index is 0.00000341. The number of hydrogen-bond acceptors (Lipinski definition) is 2. The van der Waals surface area contributed by atoms with Crippen molar-refractivity contribution in [2.24, 2.45) is 0 Å². The minimum atomic E-state index is -4.44. The molecule has 2 aromatic rings. The van der Waals surface area contributed by atoms with Crippen LogP contribution in [0.4, 0.5) is 28.0 Å². The van der Waals surface area contributed by atoms with Crippen LogP contribution in [-0.4, -0.2) is 48.6 Å². The van der Waals surface area contributed by atoms with E-state index in [9.17, 15) is 22.4 Å². The third kappa shape index (κ3) is 7.70. The number of unbranched alkanes of at least 4 members (excludes halogenated alkanes) is 1. The van der Waals surface area contributed by atoms with Gasteiger partial charge in [0.05, 0.1) is 5.56 Å². The van der Waals surface area contributed by atoms with Gasteiger partial charge in [-0.05, 0) is 61.7 Å². The molecule has 3 rings (SSSR count). The maximum absolute atomic E-state index is 12.9. The zero-order valence-corrected chi connectivity index (χ0v) is 17.8. The highest BCUT2D eigenvalue weighted by Crippen LogP contribution is 2.30. The van der Waals surface area contributed by atoms with Crippen molar-refractivity contribution in [3.8, 4) is 0 Å². The van der Waals surface area contributed by atoms with E-state index < -0.39 is 11.7 Å². The summed E-state index contributed by atoms with van der Waals surface area (Å²) < 4.78 is 51.3. The summed E-state index contributed by atoms with van der Waals surface area (Å²) in [6.07, 6.45) is -1.53. The molecule has 2 aromatic carbocycles. The van der Waals surface area contributed by atoms with E-state index in [0.29, 0.717) is 13.1 Å². The molecule has 1 N–H and O–H groups in total. The van der Waals surface area contributed by atoms with Gasteiger partial charge in [0, 0.05) is 31.9 Å². The number of hydrogen-bond donors (Lipinski definition) is 1. The molecule has 170 valence electrons. The predicted molar refractivity (Wildman–Crippen MR) is 115 cm³/mol. The van der Waals surface area contributed by atoms with Gasteiger partial charge in [-0.25, -0.2) is 9.18 Å². The number of amides is 2. The summed E-state index contributed by atoms with van der Waals surface area (Å²) in [7, 11) is 0. The number of alkyl halides is 3. The molecule has 31 heavy (non-hydrogen) atoms. The average Bonchev–Trinajstić information content (AvgIpc) is 2.72. The Bertz CT molecular complexity index is 837. The molecule has 0 saturated carbocycles. The minimum absolute atomic E-state index is 0.